The highest BCUT2D eigenvalue weighted by Gasteiger charge is 2.07. The Morgan fingerprint density at radius 2 is 1.82 bits per heavy atom. The summed E-state index contributed by atoms with van der Waals surface area (Å²) < 4.78 is 0. The third kappa shape index (κ3) is 6.19. The lowest BCUT2D eigenvalue weighted by Crippen LogP contribution is -2.15. The lowest BCUT2D eigenvalue weighted by Gasteiger charge is -2.10. The maximum absolute atomic E-state index is 12.5. The topological polar surface area (TPSA) is 45.2 Å². The Bertz CT molecular complexity index is 902. The van der Waals surface area contributed by atoms with Crippen molar-refractivity contribution in [1.29, 1.82) is 0 Å². The number of carbonyl (C=O) groups is 1. The number of nitrogens with zero attached hydrogens (tertiary/aromatic N) is 2. The molecule has 2 aromatic carbocycles. The molecule has 0 saturated heterocycles. The van der Waals surface area contributed by atoms with Crippen molar-refractivity contribution in [3.63, 3.8) is 0 Å². The lowest BCUT2D eigenvalue weighted by atomic mass is 10.1. The molecule has 0 aliphatic heterocycles. The van der Waals surface area contributed by atoms with Crippen LogP contribution in [0.4, 0.5) is 5.69 Å². The van der Waals surface area contributed by atoms with E-state index in [0.29, 0.717) is 5.56 Å². The van der Waals surface area contributed by atoms with E-state index in [4.69, 9.17) is 0 Å². The van der Waals surface area contributed by atoms with E-state index in [9.17, 15) is 4.79 Å². The Morgan fingerprint density at radius 1 is 1.11 bits per heavy atom. The normalized spacial score (nSPS) is 11.0. The minimum atomic E-state index is -0.0901. The molecule has 3 rings (SSSR count). The summed E-state index contributed by atoms with van der Waals surface area (Å²) in [6.07, 6.45) is 1.00. The summed E-state index contributed by atoms with van der Waals surface area (Å²) in [6, 6.07) is 15.8. The lowest BCUT2D eigenvalue weighted by molar-refractivity contribution is 0.102. The predicted molar refractivity (Wildman–Crippen MR) is 120 cm³/mol. The number of carbonyl (C=O) groups excluding carboxylic acids is 1. The van der Waals surface area contributed by atoms with Crippen LogP contribution in [-0.2, 0) is 12.2 Å². The molecule has 0 fully saturated rings. The summed E-state index contributed by atoms with van der Waals surface area (Å²) in [7, 11) is 4.14. The monoisotopic (exact) mass is 411 g/mol. The fourth-order valence-electron chi connectivity index (χ4n) is 2.65. The summed E-state index contributed by atoms with van der Waals surface area (Å²) in [5.41, 5.74) is 3.84. The average Bonchev–Trinajstić information content (AvgIpc) is 3.11. The van der Waals surface area contributed by atoms with Crippen molar-refractivity contribution in [3.8, 4) is 0 Å². The highest BCUT2D eigenvalue weighted by Crippen LogP contribution is 2.24. The van der Waals surface area contributed by atoms with Crippen molar-refractivity contribution in [2.24, 2.45) is 0 Å². The molecule has 0 aliphatic carbocycles. The number of thioether (sulfide) groups is 1. The quantitative estimate of drug-likeness (QED) is 0.524. The Balaban J connectivity index is 1.52. The van der Waals surface area contributed by atoms with Gasteiger partial charge in [-0.25, -0.2) is 4.98 Å². The summed E-state index contributed by atoms with van der Waals surface area (Å²) in [6.45, 7) is 3.03. The Labute approximate surface area is 175 Å². The highest BCUT2D eigenvalue weighted by molar-refractivity contribution is 7.98. The van der Waals surface area contributed by atoms with E-state index in [2.05, 4.69) is 46.8 Å². The molecule has 3 aromatic rings. The molecule has 0 bridgehead atoms. The molecule has 0 saturated carbocycles. The van der Waals surface area contributed by atoms with Crippen LogP contribution in [0.3, 0.4) is 0 Å². The standard InChI is InChI=1S/C22H25N3OS2/c1-16-23-20(14-27-16)15-28-21-10-6-18(7-11-21)22(26)24-19-8-4-17(5-9-19)12-13-25(2)3/h4-11,14H,12-13,15H2,1-3H3,(H,24,26). The summed E-state index contributed by atoms with van der Waals surface area (Å²) in [5, 5.41) is 6.15. The van der Waals surface area contributed by atoms with Gasteiger partial charge in [0, 0.05) is 33.8 Å². The highest BCUT2D eigenvalue weighted by atomic mass is 32.2. The Morgan fingerprint density at radius 3 is 2.43 bits per heavy atom. The molecule has 0 aliphatic rings. The van der Waals surface area contributed by atoms with E-state index in [0.717, 1.165) is 40.0 Å². The number of amides is 1. The third-order valence-electron chi connectivity index (χ3n) is 4.23. The molecular weight excluding hydrogens is 386 g/mol. The fraction of sp³-hybridized carbons (Fsp3) is 0.273. The molecule has 6 heteroatoms. The number of benzene rings is 2. The number of hydrogen-bond acceptors (Lipinski definition) is 5. The van der Waals surface area contributed by atoms with Gasteiger partial charge in [-0.05, 0) is 69.4 Å². The van der Waals surface area contributed by atoms with Crippen LogP contribution >= 0.6 is 23.1 Å². The molecule has 0 spiro atoms. The van der Waals surface area contributed by atoms with Gasteiger partial charge in [0.1, 0.15) is 0 Å². The smallest absolute Gasteiger partial charge is 0.255 e. The van der Waals surface area contributed by atoms with E-state index < -0.39 is 0 Å². The first-order valence-corrected chi connectivity index (χ1v) is 11.0. The molecule has 28 heavy (non-hydrogen) atoms. The minimum Gasteiger partial charge on any atom is -0.322 e. The van der Waals surface area contributed by atoms with Gasteiger partial charge in [-0.1, -0.05) is 12.1 Å². The first-order chi connectivity index (χ1) is 13.5. The van der Waals surface area contributed by atoms with Crippen LogP contribution in [0, 0.1) is 6.92 Å². The van der Waals surface area contributed by atoms with Gasteiger partial charge in [0.25, 0.3) is 5.91 Å². The molecule has 0 unspecified atom stereocenters. The molecule has 0 radical (unpaired) electrons. The Kier molecular flexibility index (Phi) is 7.25. The van der Waals surface area contributed by atoms with Gasteiger partial charge in [-0.3, -0.25) is 4.79 Å². The van der Waals surface area contributed by atoms with Gasteiger partial charge in [-0.15, -0.1) is 23.1 Å². The number of anilines is 1. The van der Waals surface area contributed by atoms with Crippen LogP contribution < -0.4 is 5.32 Å². The molecule has 1 N–H and O–H groups in total. The van der Waals surface area contributed by atoms with Gasteiger partial charge >= 0.3 is 0 Å². The van der Waals surface area contributed by atoms with Gasteiger partial charge in [0.15, 0.2) is 0 Å². The number of thiazole rings is 1. The van der Waals surface area contributed by atoms with Crippen LogP contribution in [0.5, 0.6) is 0 Å². The van der Waals surface area contributed by atoms with Gasteiger partial charge in [0.2, 0.25) is 0 Å². The number of rotatable bonds is 8. The predicted octanol–water partition coefficient (Wildman–Crippen LogP) is 5.10. The van der Waals surface area contributed by atoms with Crippen molar-refractivity contribution in [2.45, 2.75) is 24.0 Å². The molecule has 4 nitrogen and oxygen atoms in total. The van der Waals surface area contributed by atoms with Crippen molar-refractivity contribution < 1.29 is 4.79 Å². The van der Waals surface area contributed by atoms with Crippen LogP contribution in [0.1, 0.15) is 26.6 Å². The van der Waals surface area contributed by atoms with E-state index >= 15 is 0 Å². The second kappa shape index (κ2) is 9.87. The number of aromatic nitrogens is 1. The van der Waals surface area contributed by atoms with Gasteiger partial charge in [-0.2, -0.15) is 0 Å². The van der Waals surface area contributed by atoms with Gasteiger partial charge < -0.3 is 10.2 Å². The number of aryl methyl sites for hydroxylation is 1. The third-order valence-corrected chi connectivity index (χ3v) is 6.10. The van der Waals surface area contributed by atoms with Crippen molar-refractivity contribution in [1.82, 2.24) is 9.88 Å². The van der Waals surface area contributed by atoms with Crippen LogP contribution in [0.15, 0.2) is 58.8 Å². The number of likely N-dealkylation sites (N-methyl/N-ethyl adjacent to an activating group) is 1. The fourth-order valence-corrected chi connectivity index (χ4v) is 4.15. The SMILES string of the molecule is Cc1nc(CSc2ccc(C(=O)Nc3ccc(CCN(C)C)cc3)cc2)cs1. The van der Waals surface area contributed by atoms with E-state index in [1.165, 1.54) is 5.56 Å². The molecule has 1 aromatic heterocycles. The molecule has 146 valence electrons. The van der Waals surface area contributed by atoms with Crippen LogP contribution in [0.25, 0.3) is 0 Å². The largest absolute Gasteiger partial charge is 0.322 e. The van der Waals surface area contributed by atoms with Crippen molar-refractivity contribution in [2.75, 3.05) is 26.0 Å². The number of nitrogens with one attached hydrogen (secondary N) is 1. The molecule has 1 amide bonds. The zero-order valence-corrected chi connectivity index (χ0v) is 18.1. The first kappa shape index (κ1) is 20.6. The first-order valence-electron chi connectivity index (χ1n) is 9.18. The Hall–Kier alpha value is -2.15. The van der Waals surface area contributed by atoms with Gasteiger partial charge in [0.05, 0.1) is 10.7 Å². The van der Waals surface area contributed by atoms with E-state index in [1.807, 2.05) is 43.3 Å². The van der Waals surface area contributed by atoms with Crippen molar-refractivity contribution in [3.05, 3.63) is 75.7 Å². The molecule has 0 atom stereocenters. The van der Waals surface area contributed by atoms with E-state index in [-0.39, 0.29) is 5.91 Å². The van der Waals surface area contributed by atoms with Crippen LogP contribution in [0.2, 0.25) is 0 Å². The zero-order chi connectivity index (χ0) is 19.9. The maximum atomic E-state index is 12.5. The summed E-state index contributed by atoms with van der Waals surface area (Å²) in [4.78, 5) is 20.2. The molecule has 1 heterocycles. The molecular formula is C22H25N3OS2. The van der Waals surface area contributed by atoms with Crippen molar-refractivity contribution >= 4 is 34.7 Å². The average molecular weight is 412 g/mol. The number of hydrogen-bond donors (Lipinski definition) is 1. The zero-order valence-electron chi connectivity index (χ0n) is 16.4. The minimum absolute atomic E-state index is 0.0901. The summed E-state index contributed by atoms with van der Waals surface area (Å²) in [5.74, 6) is 0.753. The van der Waals surface area contributed by atoms with E-state index in [1.54, 1.807) is 23.1 Å². The summed E-state index contributed by atoms with van der Waals surface area (Å²) >= 11 is 3.40. The second-order valence-electron chi connectivity index (χ2n) is 6.88. The van der Waals surface area contributed by atoms with Crippen LogP contribution in [-0.4, -0.2) is 36.4 Å². The second-order valence-corrected chi connectivity index (χ2v) is 8.99. The maximum Gasteiger partial charge on any atom is 0.255 e.